The van der Waals surface area contributed by atoms with Crippen LogP contribution in [0.1, 0.15) is 57.1 Å². The lowest BCUT2D eigenvalue weighted by Crippen LogP contribution is -2.20. The highest BCUT2D eigenvalue weighted by atomic mass is 16.3. The molecule has 1 aliphatic rings. The van der Waals surface area contributed by atoms with Crippen molar-refractivity contribution in [3.8, 4) is 0 Å². The van der Waals surface area contributed by atoms with Crippen LogP contribution in [-0.4, -0.2) is 5.11 Å². The van der Waals surface area contributed by atoms with Gasteiger partial charge in [-0.3, -0.25) is 0 Å². The molecule has 0 heterocycles. The molecule has 1 aliphatic carbocycles. The summed E-state index contributed by atoms with van der Waals surface area (Å²) in [5, 5.41) is 10.4. The van der Waals surface area contributed by atoms with E-state index in [0.29, 0.717) is 5.92 Å². The molecule has 0 radical (unpaired) electrons. The number of aliphatic hydroxyl groups is 1. The van der Waals surface area contributed by atoms with Crippen LogP contribution in [-0.2, 0) is 0 Å². The van der Waals surface area contributed by atoms with Crippen LogP contribution in [0.25, 0.3) is 0 Å². The van der Waals surface area contributed by atoms with Gasteiger partial charge in [-0.1, -0.05) is 62.9 Å². The van der Waals surface area contributed by atoms with Crippen LogP contribution in [0.3, 0.4) is 0 Å². The van der Waals surface area contributed by atoms with Crippen molar-refractivity contribution in [3.05, 3.63) is 35.9 Å². The molecular weight excluding hydrogens is 208 g/mol. The molecule has 0 aliphatic heterocycles. The molecule has 0 spiro atoms. The second kappa shape index (κ2) is 6.20. The maximum atomic E-state index is 10.4. The highest BCUT2D eigenvalue weighted by Gasteiger charge is 2.26. The van der Waals surface area contributed by atoms with E-state index in [2.05, 4.69) is 6.92 Å². The van der Waals surface area contributed by atoms with Gasteiger partial charge >= 0.3 is 0 Å². The Balaban J connectivity index is 1.88. The summed E-state index contributed by atoms with van der Waals surface area (Å²) in [5.41, 5.74) is 1.09. The SMILES string of the molecule is CCC[C@H]1CC[C@H](C(O)c2ccccc2)CC1. The molecule has 1 heteroatoms. The van der Waals surface area contributed by atoms with E-state index in [0.717, 1.165) is 11.5 Å². The number of rotatable bonds is 4. The van der Waals surface area contributed by atoms with Crippen molar-refractivity contribution < 1.29 is 5.11 Å². The van der Waals surface area contributed by atoms with Gasteiger partial charge in [-0.25, -0.2) is 0 Å². The lowest BCUT2D eigenvalue weighted by atomic mass is 9.76. The third kappa shape index (κ3) is 3.32. The largest absolute Gasteiger partial charge is 0.388 e. The molecule has 1 atom stereocenters. The summed E-state index contributed by atoms with van der Waals surface area (Å²) in [6, 6.07) is 10.1. The minimum Gasteiger partial charge on any atom is -0.388 e. The lowest BCUT2D eigenvalue weighted by Gasteiger charge is -2.31. The van der Waals surface area contributed by atoms with Gasteiger partial charge in [0.1, 0.15) is 0 Å². The van der Waals surface area contributed by atoms with Gasteiger partial charge in [-0.2, -0.15) is 0 Å². The van der Waals surface area contributed by atoms with Crippen molar-refractivity contribution in [2.75, 3.05) is 0 Å². The molecule has 1 unspecified atom stereocenters. The molecule has 0 amide bonds. The quantitative estimate of drug-likeness (QED) is 0.819. The molecule has 17 heavy (non-hydrogen) atoms. The normalized spacial score (nSPS) is 26.7. The van der Waals surface area contributed by atoms with Crippen LogP contribution in [0, 0.1) is 11.8 Å². The molecule has 0 bridgehead atoms. The van der Waals surface area contributed by atoms with E-state index in [1.165, 1.54) is 38.5 Å². The Morgan fingerprint density at radius 3 is 2.35 bits per heavy atom. The van der Waals surface area contributed by atoms with E-state index in [-0.39, 0.29) is 6.10 Å². The van der Waals surface area contributed by atoms with Gasteiger partial charge in [0.15, 0.2) is 0 Å². The molecular formula is C16H24O. The first-order valence-corrected chi connectivity index (χ1v) is 7.04. The predicted octanol–water partition coefficient (Wildman–Crippen LogP) is 4.33. The second-order valence-electron chi connectivity index (χ2n) is 5.43. The van der Waals surface area contributed by atoms with Gasteiger partial charge in [0, 0.05) is 0 Å². The lowest BCUT2D eigenvalue weighted by molar-refractivity contribution is 0.0722. The maximum Gasteiger partial charge on any atom is 0.0818 e. The molecule has 1 saturated carbocycles. The average Bonchev–Trinajstić information content (AvgIpc) is 2.40. The van der Waals surface area contributed by atoms with E-state index in [9.17, 15) is 5.11 Å². The Labute approximate surface area is 105 Å². The van der Waals surface area contributed by atoms with Crippen LogP contribution in [0.2, 0.25) is 0 Å². The molecule has 1 N–H and O–H groups in total. The number of benzene rings is 1. The van der Waals surface area contributed by atoms with Gasteiger partial charge in [-0.05, 0) is 30.2 Å². The van der Waals surface area contributed by atoms with Gasteiger partial charge < -0.3 is 5.11 Å². The van der Waals surface area contributed by atoms with Gasteiger partial charge in [0.05, 0.1) is 6.10 Å². The average molecular weight is 232 g/mol. The first-order chi connectivity index (χ1) is 8.31. The minimum absolute atomic E-state index is 0.251. The van der Waals surface area contributed by atoms with Crippen LogP contribution in [0.4, 0.5) is 0 Å². The van der Waals surface area contributed by atoms with Crippen LogP contribution < -0.4 is 0 Å². The molecule has 2 rings (SSSR count). The summed E-state index contributed by atoms with van der Waals surface area (Å²) in [7, 11) is 0. The topological polar surface area (TPSA) is 20.2 Å². The molecule has 94 valence electrons. The zero-order valence-electron chi connectivity index (χ0n) is 10.8. The third-order valence-electron chi connectivity index (χ3n) is 4.18. The van der Waals surface area contributed by atoms with Crippen molar-refractivity contribution in [2.24, 2.45) is 11.8 Å². The Hall–Kier alpha value is -0.820. The Kier molecular flexibility index (Phi) is 4.61. The fourth-order valence-electron chi connectivity index (χ4n) is 3.12. The summed E-state index contributed by atoms with van der Waals surface area (Å²) in [4.78, 5) is 0. The standard InChI is InChI=1S/C16H24O/c1-2-6-13-9-11-15(12-10-13)16(17)14-7-4-3-5-8-14/h3-5,7-8,13,15-17H,2,6,9-12H2,1H3/t13-,15-,16?. The van der Waals surface area contributed by atoms with Crippen molar-refractivity contribution in [2.45, 2.75) is 51.6 Å². The fourth-order valence-corrected chi connectivity index (χ4v) is 3.12. The first kappa shape index (κ1) is 12.6. The minimum atomic E-state index is -0.251. The number of aliphatic hydroxyl groups excluding tert-OH is 1. The van der Waals surface area contributed by atoms with Crippen molar-refractivity contribution >= 4 is 0 Å². The van der Waals surface area contributed by atoms with Crippen molar-refractivity contribution in [1.82, 2.24) is 0 Å². The van der Waals surface area contributed by atoms with E-state index >= 15 is 0 Å². The van der Waals surface area contributed by atoms with Crippen molar-refractivity contribution in [3.63, 3.8) is 0 Å². The first-order valence-electron chi connectivity index (χ1n) is 7.04. The molecule has 0 aromatic heterocycles. The highest BCUT2D eigenvalue weighted by Crippen LogP contribution is 2.38. The second-order valence-corrected chi connectivity index (χ2v) is 5.43. The monoisotopic (exact) mass is 232 g/mol. The Bertz CT molecular complexity index is 312. The Morgan fingerprint density at radius 1 is 1.12 bits per heavy atom. The molecule has 1 aromatic carbocycles. The summed E-state index contributed by atoms with van der Waals surface area (Å²) < 4.78 is 0. The summed E-state index contributed by atoms with van der Waals surface area (Å²) >= 11 is 0. The van der Waals surface area contributed by atoms with E-state index < -0.39 is 0 Å². The zero-order valence-corrected chi connectivity index (χ0v) is 10.8. The van der Waals surface area contributed by atoms with Crippen LogP contribution >= 0.6 is 0 Å². The molecule has 1 fully saturated rings. The maximum absolute atomic E-state index is 10.4. The zero-order chi connectivity index (χ0) is 12.1. The molecule has 1 nitrogen and oxygen atoms in total. The molecule has 0 saturated heterocycles. The van der Waals surface area contributed by atoms with Gasteiger partial charge in [-0.15, -0.1) is 0 Å². The third-order valence-corrected chi connectivity index (χ3v) is 4.18. The van der Waals surface area contributed by atoms with Crippen molar-refractivity contribution in [1.29, 1.82) is 0 Å². The van der Waals surface area contributed by atoms with E-state index in [4.69, 9.17) is 0 Å². The summed E-state index contributed by atoms with van der Waals surface area (Å²) in [6.07, 6.45) is 7.43. The summed E-state index contributed by atoms with van der Waals surface area (Å²) in [5.74, 6) is 1.39. The number of hydrogen-bond donors (Lipinski definition) is 1. The summed E-state index contributed by atoms with van der Waals surface area (Å²) in [6.45, 7) is 2.27. The van der Waals surface area contributed by atoms with Crippen LogP contribution in [0.5, 0.6) is 0 Å². The highest BCUT2D eigenvalue weighted by molar-refractivity contribution is 5.18. The van der Waals surface area contributed by atoms with Gasteiger partial charge in [0.2, 0.25) is 0 Å². The smallest absolute Gasteiger partial charge is 0.0818 e. The number of hydrogen-bond acceptors (Lipinski definition) is 1. The Morgan fingerprint density at radius 2 is 1.76 bits per heavy atom. The van der Waals surface area contributed by atoms with E-state index in [1.807, 2.05) is 30.3 Å². The molecule has 1 aromatic rings. The predicted molar refractivity (Wildman–Crippen MR) is 71.8 cm³/mol. The van der Waals surface area contributed by atoms with Gasteiger partial charge in [0.25, 0.3) is 0 Å². The fraction of sp³-hybridized carbons (Fsp3) is 0.625. The van der Waals surface area contributed by atoms with E-state index in [1.54, 1.807) is 0 Å². The van der Waals surface area contributed by atoms with Crippen LogP contribution in [0.15, 0.2) is 30.3 Å².